The van der Waals surface area contributed by atoms with Crippen LogP contribution in [-0.4, -0.2) is 64.3 Å². The molecule has 1 aliphatic carbocycles. The van der Waals surface area contributed by atoms with E-state index >= 15 is 0 Å². The smallest absolute Gasteiger partial charge is 0.254 e. The van der Waals surface area contributed by atoms with Crippen molar-refractivity contribution in [1.82, 2.24) is 25.3 Å². The number of carbonyl (C=O) groups excluding carboxylic acids is 3. The van der Waals surface area contributed by atoms with Gasteiger partial charge in [0.05, 0.1) is 35.8 Å². The van der Waals surface area contributed by atoms with Crippen molar-refractivity contribution in [3.05, 3.63) is 41.1 Å². The van der Waals surface area contributed by atoms with Gasteiger partial charge in [0.2, 0.25) is 5.91 Å². The zero-order valence-electron chi connectivity index (χ0n) is 20.3. The Hall–Kier alpha value is -3.33. The van der Waals surface area contributed by atoms with E-state index in [-0.39, 0.29) is 24.3 Å². The van der Waals surface area contributed by atoms with Crippen LogP contribution in [0, 0.1) is 5.92 Å². The van der Waals surface area contributed by atoms with E-state index in [0.717, 1.165) is 41.4 Å². The van der Waals surface area contributed by atoms with Crippen molar-refractivity contribution in [2.24, 2.45) is 10.9 Å². The molecule has 0 radical (unpaired) electrons. The number of fused-ring (bicyclic) bond motifs is 1. The van der Waals surface area contributed by atoms with Gasteiger partial charge in [-0.15, -0.1) is 0 Å². The van der Waals surface area contributed by atoms with Gasteiger partial charge in [-0.3, -0.25) is 24.0 Å². The van der Waals surface area contributed by atoms with Gasteiger partial charge in [0.1, 0.15) is 0 Å². The van der Waals surface area contributed by atoms with E-state index in [0.29, 0.717) is 37.0 Å². The van der Waals surface area contributed by atoms with Crippen molar-refractivity contribution < 1.29 is 14.4 Å². The van der Waals surface area contributed by atoms with Gasteiger partial charge in [-0.25, -0.2) is 4.99 Å². The Balaban J connectivity index is 1.43. The maximum atomic E-state index is 13.4. The summed E-state index contributed by atoms with van der Waals surface area (Å²) in [5.74, 6) is -0.885. The molecule has 1 saturated carbocycles. The fraction of sp³-hybridized carbons (Fsp3) is 0.500. The second kappa shape index (κ2) is 9.73. The number of dihydropyridines is 1. The number of hydrogen-bond donors (Lipinski definition) is 2. The van der Waals surface area contributed by atoms with Crippen LogP contribution in [0.4, 0.5) is 0 Å². The number of amides is 3. The molecule has 5 rings (SSSR count). The van der Waals surface area contributed by atoms with Gasteiger partial charge >= 0.3 is 0 Å². The third-order valence-electron chi connectivity index (χ3n) is 7.25. The van der Waals surface area contributed by atoms with Gasteiger partial charge in [0.15, 0.2) is 0 Å². The molecule has 3 aliphatic rings. The number of aliphatic imine (C=N–C) groups is 1. The molecule has 2 aromatic rings. The van der Waals surface area contributed by atoms with Gasteiger partial charge in [-0.1, -0.05) is 18.4 Å². The molecular weight excluding hydrogens is 444 g/mol. The second-order valence-electron chi connectivity index (χ2n) is 9.91. The Kier molecular flexibility index (Phi) is 6.51. The first-order valence-corrected chi connectivity index (χ1v) is 12.4. The van der Waals surface area contributed by atoms with Crippen molar-refractivity contribution >= 4 is 34.3 Å². The van der Waals surface area contributed by atoms with E-state index in [2.05, 4.69) is 36.4 Å². The van der Waals surface area contributed by atoms with Crippen molar-refractivity contribution in [2.75, 3.05) is 26.2 Å². The van der Waals surface area contributed by atoms with Gasteiger partial charge < -0.3 is 10.6 Å². The summed E-state index contributed by atoms with van der Waals surface area (Å²) in [4.78, 5) is 43.8. The van der Waals surface area contributed by atoms with Crippen LogP contribution in [0.5, 0.6) is 0 Å². The lowest BCUT2D eigenvalue weighted by Gasteiger charge is -2.26. The van der Waals surface area contributed by atoms with Crippen LogP contribution in [0.1, 0.15) is 61.5 Å². The van der Waals surface area contributed by atoms with Crippen LogP contribution in [0.15, 0.2) is 35.0 Å². The molecule has 9 heteroatoms. The van der Waals surface area contributed by atoms with Gasteiger partial charge in [0.25, 0.3) is 11.8 Å². The number of allylic oxidation sites excluding steroid dienone is 1. The molecule has 1 saturated heterocycles. The molecule has 2 N–H and O–H groups in total. The Morgan fingerprint density at radius 2 is 2.00 bits per heavy atom. The molecule has 1 aromatic heterocycles. The summed E-state index contributed by atoms with van der Waals surface area (Å²) in [5, 5.41) is 11.3. The van der Waals surface area contributed by atoms with Crippen LogP contribution in [0.25, 0.3) is 10.9 Å². The highest BCUT2D eigenvalue weighted by molar-refractivity contribution is 6.08. The van der Waals surface area contributed by atoms with E-state index in [1.54, 1.807) is 13.1 Å². The predicted octanol–water partition coefficient (Wildman–Crippen LogP) is 2.38. The Morgan fingerprint density at radius 3 is 2.74 bits per heavy atom. The standard InChI is InChI=1S/C26H32N6O3/c1-16-9-17(2)30-26(35)21(16)12-28-25(34)20-10-18(14-31-8-7-27-24(33)15-31)11-23-22(20)13-29-32(23)19-5-3-4-6-19/h9-11,13,19,21H,3-8,12,14-15H2,1-2H3,(H,27,33)(H,28,34). The average molecular weight is 477 g/mol. The number of piperazine rings is 1. The summed E-state index contributed by atoms with van der Waals surface area (Å²) >= 11 is 0. The number of hydrogen-bond acceptors (Lipinski definition) is 5. The summed E-state index contributed by atoms with van der Waals surface area (Å²) in [6.07, 6.45) is 8.22. The third-order valence-corrected chi connectivity index (χ3v) is 7.25. The number of carbonyl (C=O) groups is 3. The fourth-order valence-electron chi connectivity index (χ4n) is 5.45. The summed E-state index contributed by atoms with van der Waals surface area (Å²) in [6, 6.07) is 4.35. The molecule has 1 aromatic carbocycles. The number of benzene rings is 1. The van der Waals surface area contributed by atoms with Crippen molar-refractivity contribution in [1.29, 1.82) is 0 Å². The summed E-state index contributed by atoms with van der Waals surface area (Å²) in [5.41, 5.74) is 4.07. The summed E-state index contributed by atoms with van der Waals surface area (Å²) in [6.45, 7) is 6.21. The molecule has 2 aliphatic heterocycles. The van der Waals surface area contributed by atoms with Crippen LogP contribution >= 0.6 is 0 Å². The highest BCUT2D eigenvalue weighted by Crippen LogP contribution is 2.33. The quantitative estimate of drug-likeness (QED) is 0.666. The van der Waals surface area contributed by atoms with Crippen LogP contribution < -0.4 is 10.6 Å². The topological polar surface area (TPSA) is 109 Å². The Labute approximate surface area is 204 Å². The zero-order chi connectivity index (χ0) is 24.5. The summed E-state index contributed by atoms with van der Waals surface area (Å²) < 4.78 is 2.07. The average Bonchev–Trinajstić information content (AvgIpc) is 3.47. The summed E-state index contributed by atoms with van der Waals surface area (Å²) in [7, 11) is 0. The van der Waals surface area contributed by atoms with E-state index < -0.39 is 5.92 Å². The minimum Gasteiger partial charge on any atom is -0.354 e. The van der Waals surface area contributed by atoms with Gasteiger partial charge in [-0.2, -0.15) is 5.10 Å². The Morgan fingerprint density at radius 1 is 1.20 bits per heavy atom. The first kappa shape index (κ1) is 23.4. The highest BCUT2D eigenvalue weighted by Gasteiger charge is 2.26. The van der Waals surface area contributed by atoms with Gasteiger partial charge in [0, 0.05) is 37.3 Å². The molecule has 0 bridgehead atoms. The normalized spacial score (nSPS) is 21.7. The number of nitrogens with one attached hydrogen (secondary N) is 2. The van der Waals surface area contributed by atoms with E-state index in [1.807, 2.05) is 19.1 Å². The minimum absolute atomic E-state index is 0.0183. The Bertz CT molecular complexity index is 1240. The largest absolute Gasteiger partial charge is 0.354 e. The fourth-order valence-corrected chi connectivity index (χ4v) is 5.45. The van der Waals surface area contributed by atoms with E-state index in [4.69, 9.17) is 0 Å². The third kappa shape index (κ3) is 4.91. The molecule has 0 spiro atoms. The zero-order valence-corrected chi connectivity index (χ0v) is 20.3. The molecule has 1 atom stereocenters. The van der Waals surface area contributed by atoms with Crippen molar-refractivity contribution in [2.45, 2.75) is 52.1 Å². The first-order chi connectivity index (χ1) is 16.9. The molecule has 3 heterocycles. The lowest BCUT2D eigenvalue weighted by Crippen LogP contribution is -2.47. The maximum absolute atomic E-state index is 13.4. The van der Waals surface area contributed by atoms with Crippen LogP contribution in [-0.2, 0) is 16.1 Å². The predicted molar refractivity (Wildman–Crippen MR) is 133 cm³/mol. The van der Waals surface area contributed by atoms with E-state index in [1.165, 1.54) is 12.8 Å². The number of aromatic nitrogens is 2. The molecule has 1 unspecified atom stereocenters. The first-order valence-electron chi connectivity index (χ1n) is 12.4. The molecule has 9 nitrogen and oxygen atoms in total. The lowest BCUT2D eigenvalue weighted by molar-refractivity contribution is -0.124. The van der Waals surface area contributed by atoms with Gasteiger partial charge in [-0.05, 0) is 50.5 Å². The number of nitrogens with zero attached hydrogens (tertiary/aromatic N) is 4. The number of rotatable bonds is 6. The highest BCUT2D eigenvalue weighted by atomic mass is 16.2. The molecule has 2 fully saturated rings. The second-order valence-corrected chi connectivity index (χ2v) is 9.91. The van der Waals surface area contributed by atoms with Crippen molar-refractivity contribution in [3.8, 4) is 0 Å². The monoisotopic (exact) mass is 476 g/mol. The SMILES string of the molecule is CC1=CC(C)=NC(=O)C1CNC(=O)c1cc(CN2CCNC(=O)C2)cc2c1cnn2C1CCCC1. The lowest BCUT2D eigenvalue weighted by atomic mass is 9.95. The minimum atomic E-state index is -0.450. The molecule has 3 amide bonds. The van der Waals surface area contributed by atoms with Crippen LogP contribution in [0.2, 0.25) is 0 Å². The maximum Gasteiger partial charge on any atom is 0.254 e. The molecular formula is C26H32N6O3. The molecule has 35 heavy (non-hydrogen) atoms. The van der Waals surface area contributed by atoms with Crippen LogP contribution in [0.3, 0.4) is 0 Å². The van der Waals surface area contributed by atoms with Crippen molar-refractivity contribution in [3.63, 3.8) is 0 Å². The molecule has 184 valence electrons. The van der Waals surface area contributed by atoms with E-state index in [9.17, 15) is 14.4 Å².